The predicted molar refractivity (Wildman–Crippen MR) is 68.2 cm³/mol. The topological polar surface area (TPSA) is 90.1 Å². The number of benzene rings is 1. The van der Waals surface area contributed by atoms with Gasteiger partial charge in [0.2, 0.25) is 0 Å². The summed E-state index contributed by atoms with van der Waals surface area (Å²) in [6.45, 7) is 2.49. The third-order valence-corrected chi connectivity index (χ3v) is 2.97. The van der Waals surface area contributed by atoms with Crippen molar-refractivity contribution in [2.45, 2.75) is 6.92 Å². The quantitative estimate of drug-likeness (QED) is 0.492. The number of rotatable bonds is 4. The third kappa shape index (κ3) is 2.47. The van der Waals surface area contributed by atoms with Crippen molar-refractivity contribution in [3.63, 3.8) is 0 Å². The van der Waals surface area contributed by atoms with Crippen LogP contribution in [-0.4, -0.2) is 22.1 Å². The largest absolute Gasteiger partial charge is 0.494 e. The van der Waals surface area contributed by atoms with Gasteiger partial charge in [0, 0.05) is 5.56 Å². The summed E-state index contributed by atoms with van der Waals surface area (Å²) in [5.74, 6) is 5.44. The van der Waals surface area contributed by atoms with Crippen molar-refractivity contribution in [3.8, 4) is 17.0 Å². The number of nitrogen functional groups attached to an aromatic ring is 1. The van der Waals surface area contributed by atoms with Gasteiger partial charge >= 0.3 is 0 Å². The Morgan fingerprint density at radius 3 is 3.11 bits per heavy atom. The van der Waals surface area contributed by atoms with Gasteiger partial charge in [-0.2, -0.15) is 0 Å². The van der Waals surface area contributed by atoms with Gasteiger partial charge in [-0.3, -0.25) is 10.2 Å². The number of carbonyl (C=O) groups excluding carboxylic acids is 1. The van der Waals surface area contributed by atoms with Gasteiger partial charge in [0.1, 0.15) is 16.3 Å². The fourth-order valence-corrected chi connectivity index (χ4v) is 2.09. The minimum absolute atomic E-state index is 0.381. The molecule has 2 aromatic rings. The van der Waals surface area contributed by atoms with Crippen molar-refractivity contribution in [2.75, 3.05) is 6.61 Å². The molecular formula is C11H12N4O2S. The molecule has 7 heteroatoms. The Labute approximate surface area is 108 Å². The molecule has 0 spiro atoms. The van der Waals surface area contributed by atoms with Gasteiger partial charge in [-0.1, -0.05) is 16.6 Å². The van der Waals surface area contributed by atoms with Gasteiger partial charge in [0.15, 0.2) is 0 Å². The van der Waals surface area contributed by atoms with Gasteiger partial charge in [-0.25, -0.2) is 5.84 Å². The highest BCUT2D eigenvalue weighted by Crippen LogP contribution is 2.26. The Hall–Kier alpha value is -1.99. The van der Waals surface area contributed by atoms with Crippen LogP contribution in [0.15, 0.2) is 24.3 Å². The van der Waals surface area contributed by atoms with E-state index < -0.39 is 5.91 Å². The molecule has 0 bridgehead atoms. The highest BCUT2D eigenvalue weighted by Gasteiger charge is 2.17. The van der Waals surface area contributed by atoms with Crippen molar-refractivity contribution < 1.29 is 9.53 Å². The zero-order valence-corrected chi connectivity index (χ0v) is 10.5. The van der Waals surface area contributed by atoms with E-state index in [0.29, 0.717) is 17.2 Å². The first-order chi connectivity index (χ1) is 8.76. The summed E-state index contributed by atoms with van der Waals surface area (Å²) in [5, 5.41) is 3.95. The summed E-state index contributed by atoms with van der Waals surface area (Å²) in [4.78, 5) is 11.9. The Morgan fingerprint density at radius 2 is 2.39 bits per heavy atom. The highest BCUT2D eigenvalue weighted by molar-refractivity contribution is 7.08. The summed E-state index contributed by atoms with van der Waals surface area (Å²) in [7, 11) is 0. The molecule has 0 aliphatic heterocycles. The Bertz CT molecular complexity index is 555. The SMILES string of the molecule is CCOc1cccc(-c2nnsc2C(=O)NN)c1. The fraction of sp³-hybridized carbons (Fsp3) is 0.182. The van der Waals surface area contributed by atoms with Crippen LogP contribution in [0.1, 0.15) is 16.6 Å². The van der Waals surface area contributed by atoms with E-state index in [4.69, 9.17) is 10.6 Å². The van der Waals surface area contributed by atoms with Crippen molar-refractivity contribution >= 4 is 17.4 Å². The van der Waals surface area contributed by atoms with E-state index in [1.54, 1.807) is 0 Å². The molecule has 0 fully saturated rings. The van der Waals surface area contributed by atoms with Crippen LogP contribution in [0, 0.1) is 0 Å². The van der Waals surface area contributed by atoms with E-state index in [2.05, 4.69) is 15.0 Å². The normalized spacial score (nSPS) is 10.1. The van der Waals surface area contributed by atoms with E-state index in [9.17, 15) is 4.79 Å². The average Bonchev–Trinajstić information content (AvgIpc) is 2.88. The first kappa shape index (κ1) is 12.5. The Balaban J connectivity index is 2.39. The van der Waals surface area contributed by atoms with Crippen LogP contribution >= 0.6 is 11.5 Å². The fourth-order valence-electron chi connectivity index (χ4n) is 1.49. The van der Waals surface area contributed by atoms with Crippen LogP contribution in [0.4, 0.5) is 0 Å². The predicted octanol–water partition coefficient (Wildman–Crippen LogP) is 1.21. The van der Waals surface area contributed by atoms with Crippen molar-refractivity contribution in [1.82, 2.24) is 15.0 Å². The van der Waals surface area contributed by atoms with Crippen molar-refractivity contribution in [2.24, 2.45) is 5.84 Å². The molecule has 0 saturated heterocycles. The molecule has 0 aliphatic carbocycles. The molecule has 18 heavy (non-hydrogen) atoms. The summed E-state index contributed by atoms with van der Waals surface area (Å²) in [6.07, 6.45) is 0. The minimum atomic E-state index is -0.401. The molecule has 1 aromatic heterocycles. The molecule has 0 radical (unpaired) electrons. The number of ether oxygens (including phenoxy) is 1. The smallest absolute Gasteiger partial charge is 0.279 e. The number of nitrogens with two attached hydrogens (primary N) is 1. The molecule has 3 N–H and O–H groups in total. The second-order valence-corrected chi connectivity index (χ2v) is 4.14. The number of hydrogen-bond donors (Lipinski definition) is 2. The van der Waals surface area contributed by atoms with Gasteiger partial charge in [0.25, 0.3) is 5.91 Å². The number of hydrogen-bond acceptors (Lipinski definition) is 6. The second-order valence-electron chi connectivity index (χ2n) is 3.38. The third-order valence-electron chi connectivity index (χ3n) is 2.24. The maximum atomic E-state index is 11.5. The van der Waals surface area contributed by atoms with Gasteiger partial charge in [-0.15, -0.1) is 5.10 Å². The van der Waals surface area contributed by atoms with Crippen molar-refractivity contribution in [1.29, 1.82) is 0 Å². The van der Waals surface area contributed by atoms with Crippen LogP contribution < -0.4 is 16.0 Å². The molecule has 6 nitrogen and oxygen atoms in total. The monoisotopic (exact) mass is 264 g/mol. The lowest BCUT2D eigenvalue weighted by Gasteiger charge is -2.05. The van der Waals surface area contributed by atoms with Crippen LogP contribution in [0.2, 0.25) is 0 Å². The summed E-state index contributed by atoms with van der Waals surface area (Å²) in [5.41, 5.74) is 3.35. The molecule has 1 aromatic carbocycles. The van der Waals surface area contributed by atoms with E-state index >= 15 is 0 Å². The lowest BCUT2D eigenvalue weighted by molar-refractivity contribution is 0.0958. The maximum Gasteiger partial charge on any atom is 0.279 e. The Morgan fingerprint density at radius 1 is 1.56 bits per heavy atom. The maximum absolute atomic E-state index is 11.5. The van der Waals surface area contributed by atoms with Crippen LogP contribution in [0.5, 0.6) is 5.75 Å². The zero-order valence-electron chi connectivity index (χ0n) is 9.71. The van der Waals surface area contributed by atoms with Gasteiger partial charge < -0.3 is 4.74 Å². The molecule has 2 rings (SSSR count). The number of nitrogens with zero attached hydrogens (tertiary/aromatic N) is 2. The van der Waals surface area contributed by atoms with Crippen LogP contribution in [-0.2, 0) is 0 Å². The summed E-state index contributed by atoms with van der Waals surface area (Å²) in [6, 6.07) is 7.33. The number of carbonyl (C=O) groups is 1. The molecular weight excluding hydrogens is 252 g/mol. The highest BCUT2D eigenvalue weighted by atomic mass is 32.1. The number of aromatic nitrogens is 2. The number of nitrogens with one attached hydrogen (secondary N) is 1. The first-order valence-corrected chi connectivity index (χ1v) is 6.10. The van der Waals surface area contributed by atoms with Crippen LogP contribution in [0.25, 0.3) is 11.3 Å². The lowest BCUT2D eigenvalue weighted by Crippen LogP contribution is -2.29. The molecule has 0 atom stereocenters. The molecule has 0 aliphatic rings. The number of hydrazine groups is 1. The van der Waals surface area contributed by atoms with E-state index in [1.165, 1.54) is 0 Å². The van der Waals surface area contributed by atoms with Crippen molar-refractivity contribution in [3.05, 3.63) is 29.1 Å². The summed E-state index contributed by atoms with van der Waals surface area (Å²) >= 11 is 1.00. The van der Waals surface area contributed by atoms with Gasteiger partial charge in [0.05, 0.1) is 6.61 Å². The minimum Gasteiger partial charge on any atom is -0.494 e. The second kappa shape index (κ2) is 5.56. The number of amides is 1. The van der Waals surface area contributed by atoms with E-state index in [-0.39, 0.29) is 0 Å². The standard InChI is InChI=1S/C11H12N4O2S/c1-2-17-8-5-3-4-7(6-8)9-10(11(16)13-12)18-15-14-9/h3-6H,2,12H2,1H3,(H,13,16). The van der Waals surface area contributed by atoms with Gasteiger partial charge in [-0.05, 0) is 30.6 Å². The first-order valence-electron chi connectivity index (χ1n) is 5.32. The molecule has 0 saturated carbocycles. The molecule has 1 heterocycles. The Kier molecular flexibility index (Phi) is 3.85. The van der Waals surface area contributed by atoms with E-state index in [0.717, 1.165) is 22.8 Å². The van der Waals surface area contributed by atoms with E-state index in [1.807, 2.05) is 31.2 Å². The zero-order chi connectivity index (χ0) is 13.0. The summed E-state index contributed by atoms with van der Waals surface area (Å²) < 4.78 is 9.18. The molecule has 1 amide bonds. The average molecular weight is 264 g/mol. The van der Waals surface area contributed by atoms with Crippen LogP contribution in [0.3, 0.4) is 0 Å². The molecule has 0 unspecified atom stereocenters. The lowest BCUT2D eigenvalue weighted by atomic mass is 10.1. The molecule has 94 valence electrons.